The molecule has 0 saturated carbocycles. The SMILES string of the molecule is C=C(C)CC(=O)OCCC(F)(F)C(F)(F)C(F)(F)C(F)(F)C(F)(F)C(F)(F)C(F)(F)C(F)(F)C(F)(F)C(F)(F)F. The minimum atomic E-state index is -9.21. The van der Waals surface area contributed by atoms with Crippen LogP contribution in [0.25, 0.3) is 0 Å². The van der Waals surface area contributed by atoms with Crippen molar-refractivity contribution in [1.29, 1.82) is 0 Å². The molecule has 0 saturated heterocycles. The van der Waals surface area contributed by atoms with Gasteiger partial charge in [-0.3, -0.25) is 4.79 Å². The lowest BCUT2D eigenvalue weighted by Crippen LogP contribution is -2.76. The molecular formula is C17H11F21O2. The second-order valence-corrected chi connectivity index (χ2v) is 7.90. The maximum Gasteiger partial charge on any atom is 0.460 e. The zero-order chi connectivity index (χ0) is 33.0. The number of ether oxygens (including phenoxy) is 1. The summed E-state index contributed by atoms with van der Waals surface area (Å²) in [6.45, 7) is 2.05. The summed E-state index contributed by atoms with van der Waals surface area (Å²) < 4.78 is 282. The van der Waals surface area contributed by atoms with Crippen LogP contribution in [-0.4, -0.2) is 72.1 Å². The van der Waals surface area contributed by atoms with Crippen LogP contribution < -0.4 is 0 Å². The highest BCUT2D eigenvalue weighted by Crippen LogP contribution is 2.66. The van der Waals surface area contributed by atoms with Crippen LogP contribution in [0.2, 0.25) is 0 Å². The molecule has 0 aromatic rings. The Morgan fingerprint density at radius 3 is 1.07 bits per heavy atom. The monoisotopic (exact) mass is 646 g/mol. The number of rotatable bonds is 13. The molecule has 238 valence electrons. The first-order chi connectivity index (χ1) is 17.1. The Labute approximate surface area is 207 Å². The Balaban J connectivity index is 6.68. The van der Waals surface area contributed by atoms with Gasteiger partial charge >= 0.3 is 65.4 Å². The van der Waals surface area contributed by atoms with Gasteiger partial charge < -0.3 is 4.74 Å². The topological polar surface area (TPSA) is 26.3 Å². The predicted octanol–water partition coefficient (Wildman–Crippen LogP) is 8.17. The van der Waals surface area contributed by atoms with Crippen molar-refractivity contribution in [1.82, 2.24) is 0 Å². The number of halogens is 21. The van der Waals surface area contributed by atoms with Crippen molar-refractivity contribution in [2.45, 2.75) is 79.2 Å². The largest absolute Gasteiger partial charge is 0.465 e. The van der Waals surface area contributed by atoms with Gasteiger partial charge in [-0.25, -0.2) is 0 Å². The third-order valence-electron chi connectivity index (χ3n) is 4.70. The Hall–Kier alpha value is -2.26. The molecule has 0 N–H and O–H groups in total. The van der Waals surface area contributed by atoms with Crippen molar-refractivity contribution in [2.75, 3.05) is 6.61 Å². The van der Waals surface area contributed by atoms with Gasteiger partial charge in [-0.15, -0.1) is 0 Å². The van der Waals surface area contributed by atoms with Gasteiger partial charge in [0.2, 0.25) is 0 Å². The number of carbonyl (C=O) groups excluding carboxylic acids is 1. The quantitative estimate of drug-likeness (QED) is 0.115. The normalized spacial score (nSPS) is 15.8. The second-order valence-electron chi connectivity index (χ2n) is 7.90. The number of hydrogen-bond donors (Lipinski definition) is 0. The maximum atomic E-state index is 13.7. The molecule has 0 atom stereocenters. The molecule has 0 aliphatic heterocycles. The van der Waals surface area contributed by atoms with E-state index in [-0.39, 0.29) is 5.57 Å². The molecule has 0 radical (unpaired) electrons. The summed E-state index contributed by atoms with van der Waals surface area (Å²) >= 11 is 0. The number of esters is 1. The number of carbonyl (C=O) groups is 1. The van der Waals surface area contributed by atoms with Crippen molar-refractivity contribution in [3.05, 3.63) is 12.2 Å². The van der Waals surface area contributed by atoms with Crippen LogP contribution in [0.4, 0.5) is 92.2 Å². The lowest BCUT2D eigenvalue weighted by molar-refractivity contribution is -0.474. The smallest absolute Gasteiger partial charge is 0.460 e. The van der Waals surface area contributed by atoms with Crippen LogP contribution >= 0.6 is 0 Å². The Morgan fingerprint density at radius 2 is 0.800 bits per heavy atom. The van der Waals surface area contributed by atoms with Gasteiger partial charge in [-0.1, -0.05) is 12.2 Å². The van der Waals surface area contributed by atoms with E-state index in [2.05, 4.69) is 11.3 Å². The summed E-state index contributed by atoms with van der Waals surface area (Å²) in [5.74, 6) is -79.0. The molecule has 0 aliphatic carbocycles. The molecule has 0 aromatic heterocycles. The highest BCUT2D eigenvalue weighted by molar-refractivity contribution is 5.72. The van der Waals surface area contributed by atoms with Gasteiger partial charge in [0.25, 0.3) is 0 Å². The Morgan fingerprint density at radius 1 is 0.525 bits per heavy atom. The average molecular weight is 646 g/mol. The van der Waals surface area contributed by atoms with Gasteiger partial charge in [0.05, 0.1) is 19.4 Å². The van der Waals surface area contributed by atoms with Crippen molar-refractivity contribution in [3.63, 3.8) is 0 Å². The lowest BCUT2D eigenvalue weighted by atomic mass is 9.86. The van der Waals surface area contributed by atoms with Gasteiger partial charge in [0.15, 0.2) is 0 Å². The van der Waals surface area contributed by atoms with Crippen LogP contribution in [-0.2, 0) is 9.53 Å². The zero-order valence-corrected chi connectivity index (χ0v) is 18.6. The molecular weight excluding hydrogens is 635 g/mol. The zero-order valence-electron chi connectivity index (χ0n) is 18.6. The van der Waals surface area contributed by atoms with E-state index in [1.165, 1.54) is 0 Å². The summed E-state index contributed by atoms with van der Waals surface area (Å²) in [7, 11) is 0. The second kappa shape index (κ2) is 10.2. The summed E-state index contributed by atoms with van der Waals surface area (Å²) in [4.78, 5) is 11.1. The standard InChI is InChI=1S/C17H11F21O2/c1-6(2)5-7(39)40-4-3-8(18,19)9(20,21)10(22,23)11(24,25)12(26,27)13(28,29)14(30,31)15(32,33)16(34,35)17(36,37)38/h1,3-5H2,2H3. The highest BCUT2D eigenvalue weighted by atomic mass is 19.4. The minimum absolute atomic E-state index is 0.0909. The van der Waals surface area contributed by atoms with Crippen LogP contribution in [0.3, 0.4) is 0 Å². The van der Waals surface area contributed by atoms with Crippen LogP contribution in [0.1, 0.15) is 19.8 Å². The van der Waals surface area contributed by atoms with Gasteiger partial charge in [0, 0.05) is 0 Å². The number of hydrogen-bond acceptors (Lipinski definition) is 2. The van der Waals surface area contributed by atoms with Crippen LogP contribution in [0.5, 0.6) is 0 Å². The van der Waals surface area contributed by atoms with E-state index in [1.807, 2.05) is 0 Å². The van der Waals surface area contributed by atoms with Crippen molar-refractivity contribution in [3.8, 4) is 0 Å². The maximum absolute atomic E-state index is 13.7. The van der Waals surface area contributed by atoms with E-state index in [0.29, 0.717) is 0 Å². The minimum Gasteiger partial charge on any atom is -0.465 e. The molecule has 23 heteroatoms. The molecule has 2 nitrogen and oxygen atoms in total. The van der Waals surface area contributed by atoms with Crippen molar-refractivity contribution < 1.29 is 102 Å². The van der Waals surface area contributed by atoms with Gasteiger partial charge in [0.1, 0.15) is 0 Å². The van der Waals surface area contributed by atoms with E-state index < -0.39 is 84.9 Å². The molecule has 0 bridgehead atoms. The first kappa shape index (κ1) is 37.7. The average Bonchev–Trinajstić information content (AvgIpc) is 2.70. The molecule has 40 heavy (non-hydrogen) atoms. The van der Waals surface area contributed by atoms with E-state index in [9.17, 15) is 97.0 Å². The first-order valence-electron chi connectivity index (χ1n) is 9.33. The Bertz CT molecular complexity index is 945. The lowest BCUT2D eigenvalue weighted by Gasteiger charge is -2.44. The van der Waals surface area contributed by atoms with E-state index in [0.717, 1.165) is 6.92 Å². The molecule has 0 amide bonds. The fourth-order valence-corrected chi connectivity index (χ4v) is 2.34. The summed E-state index contributed by atoms with van der Waals surface area (Å²) in [6, 6.07) is 0. The van der Waals surface area contributed by atoms with E-state index >= 15 is 0 Å². The third-order valence-corrected chi connectivity index (χ3v) is 4.70. The highest BCUT2D eigenvalue weighted by Gasteiger charge is 2.97. The van der Waals surface area contributed by atoms with Gasteiger partial charge in [-0.05, 0) is 6.92 Å². The molecule has 0 rings (SSSR count). The van der Waals surface area contributed by atoms with E-state index in [1.54, 1.807) is 0 Å². The summed E-state index contributed by atoms with van der Waals surface area (Å²) in [5.41, 5.74) is -0.0909. The molecule has 0 aliphatic rings. The molecule has 0 spiro atoms. The number of alkyl halides is 21. The first-order valence-corrected chi connectivity index (χ1v) is 9.33. The van der Waals surface area contributed by atoms with Crippen molar-refractivity contribution in [2.24, 2.45) is 0 Å². The molecule has 0 fully saturated rings. The van der Waals surface area contributed by atoms with Crippen molar-refractivity contribution >= 4 is 5.97 Å². The predicted molar refractivity (Wildman–Crippen MR) is 85.6 cm³/mol. The molecule has 0 heterocycles. The third kappa shape index (κ3) is 5.36. The van der Waals surface area contributed by atoms with Crippen LogP contribution in [0, 0.1) is 0 Å². The summed E-state index contributed by atoms with van der Waals surface area (Å²) in [6.07, 6.45) is -11.9. The molecule has 0 aromatic carbocycles. The van der Waals surface area contributed by atoms with Gasteiger partial charge in [-0.2, -0.15) is 92.2 Å². The fraction of sp³-hybridized carbons (Fsp3) is 0.824. The summed E-state index contributed by atoms with van der Waals surface area (Å²) in [5, 5.41) is 0. The molecule has 0 unspecified atom stereocenters. The Kier molecular flexibility index (Phi) is 9.65. The van der Waals surface area contributed by atoms with E-state index in [4.69, 9.17) is 0 Å². The fourth-order valence-electron chi connectivity index (χ4n) is 2.34. The van der Waals surface area contributed by atoms with Crippen LogP contribution in [0.15, 0.2) is 12.2 Å².